The van der Waals surface area contributed by atoms with Crippen molar-refractivity contribution in [3.8, 4) is 0 Å². The molecule has 1 nitrogen and oxygen atoms in total. The van der Waals surface area contributed by atoms with Crippen LogP contribution < -0.4 is 0 Å². The summed E-state index contributed by atoms with van der Waals surface area (Å²) >= 11 is 0. The number of halogens is 5. The van der Waals surface area contributed by atoms with Crippen LogP contribution in [0.2, 0.25) is 0 Å². The predicted octanol–water partition coefficient (Wildman–Crippen LogP) is 3.53. The van der Waals surface area contributed by atoms with E-state index in [1.54, 1.807) is 6.92 Å². The zero-order valence-corrected chi connectivity index (χ0v) is 9.15. The number of aliphatic hydroxyl groups is 1. The second-order valence-corrected chi connectivity index (χ2v) is 3.88. The van der Waals surface area contributed by atoms with Gasteiger partial charge in [-0.15, -0.1) is 0 Å². The average molecular weight is 254 g/mol. The van der Waals surface area contributed by atoms with Crippen LogP contribution in [0.3, 0.4) is 0 Å². The molecule has 0 aromatic heterocycles. The lowest BCUT2D eigenvalue weighted by Crippen LogP contribution is -2.42. The van der Waals surface area contributed by atoms with Crippen LogP contribution in [0.5, 0.6) is 0 Å². The SMILES string of the molecule is Cc1ccc(C(O)C(F)(F)C(F)(F)F)c(C)c1. The van der Waals surface area contributed by atoms with E-state index in [-0.39, 0.29) is 5.56 Å². The molecule has 0 aliphatic heterocycles. The molecule has 0 saturated heterocycles. The third-order valence-corrected chi connectivity index (χ3v) is 2.44. The molecule has 0 saturated carbocycles. The van der Waals surface area contributed by atoms with E-state index in [4.69, 9.17) is 0 Å². The summed E-state index contributed by atoms with van der Waals surface area (Å²) in [6.45, 7) is 3.04. The molecule has 0 bridgehead atoms. The molecule has 0 aliphatic carbocycles. The number of hydrogen-bond acceptors (Lipinski definition) is 1. The van der Waals surface area contributed by atoms with Gasteiger partial charge in [0.1, 0.15) is 0 Å². The van der Waals surface area contributed by atoms with Crippen LogP contribution in [-0.4, -0.2) is 17.2 Å². The third kappa shape index (κ3) is 2.57. The number of hydrogen-bond donors (Lipinski definition) is 1. The lowest BCUT2D eigenvalue weighted by molar-refractivity contribution is -0.315. The van der Waals surface area contributed by atoms with Crippen molar-refractivity contribution in [3.05, 3.63) is 34.9 Å². The standard InChI is InChI=1S/C11H11F5O/c1-6-3-4-8(7(2)5-6)9(17)10(12,13)11(14,15)16/h3-5,9,17H,1-2H3. The molecule has 17 heavy (non-hydrogen) atoms. The summed E-state index contributed by atoms with van der Waals surface area (Å²) in [4.78, 5) is 0. The van der Waals surface area contributed by atoms with Gasteiger partial charge in [-0.3, -0.25) is 0 Å². The Labute approximate surface area is 94.9 Å². The number of aryl methyl sites for hydroxylation is 2. The summed E-state index contributed by atoms with van der Waals surface area (Å²) in [7, 11) is 0. The molecule has 0 heterocycles. The van der Waals surface area contributed by atoms with Gasteiger partial charge in [0.2, 0.25) is 0 Å². The molecule has 1 unspecified atom stereocenters. The molecule has 96 valence electrons. The summed E-state index contributed by atoms with van der Waals surface area (Å²) in [6, 6.07) is 3.89. The lowest BCUT2D eigenvalue weighted by Gasteiger charge is -2.26. The first-order valence-corrected chi connectivity index (χ1v) is 4.77. The topological polar surface area (TPSA) is 20.2 Å². The average Bonchev–Trinajstić information content (AvgIpc) is 2.14. The maximum atomic E-state index is 12.9. The summed E-state index contributed by atoms with van der Waals surface area (Å²) in [5.41, 5.74) is 0.494. The Balaban J connectivity index is 3.17. The normalized spacial score (nSPS) is 14.8. The van der Waals surface area contributed by atoms with Gasteiger partial charge in [-0.1, -0.05) is 23.8 Å². The molecule has 0 radical (unpaired) electrons. The fourth-order valence-electron chi connectivity index (χ4n) is 1.48. The molecule has 1 atom stereocenters. The maximum absolute atomic E-state index is 12.9. The van der Waals surface area contributed by atoms with Crippen LogP contribution in [0, 0.1) is 13.8 Å². The summed E-state index contributed by atoms with van der Waals surface area (Å²) in [5, 5.41) is 9.19. The van der Waals surface area contributed by atoms with Crippen molar-refractivity contribution in [3.63, 3.8) is 0 Å². The fourth-order valence-corrected chi connectivity index (χ4v) is 1.48. The van der Waals surface area contributed by atoms with E-state index in [1.165, 1.54) is 19.1 Å². The maximum Gasteiger partial charge on any atom is 0.456 e. The predicted molar refractivity (Wildman–Crippen MR) is 51.9 cm³/mol. The minimum atomic E-state index is -5.77. The van der Waals surface area contributed by atoms with Gasteiger partial charge >= 0.3 is 12.1 Å². The van der Waals surface area contributed by atoms with Crippen LogP contribution >= 0.6 is 0 Å². The number of benzene rings is 1. The van der Waals surface area contributed by atoms with Gasteiger partial charge in [-0.05, 0) is 25.0 Å². The quantitative estimate of drug-likeness (QED) is 0.800. The van der Waals surface area contributed by atoms with E-state index in [9.17, 15) is 27.1 Å². The van der Waals surface area contributed by atoms with Crippen molar-refractivity contribution in [2.24, 2.45) is 0 Å². The molecule has 0 fully saturated rings. The van der Waals surface area contributed by atoms with Crippen LogP contribution in [0.4, 0.5) is 22.0 Å². The Bertz CT molecular complexity index is 411. The van der Waals surface area contributed by atoms with Crippen LogP contribution in [0.25, 0.3) is 0 Å². The van der Waals surface area contributed by atoms with Gasteiger partial charge in [0.05, 0.1) is 0 Å². The van der Waals surface area contributed by atoms with Gasteiger partial charge in [-0.25, -0.2) is 0 Å². The third-order valence-electron chi connectivity index (χ3n) is 2.44. The van der Waals surface area contributed by atoms with Gasteiger partial charge in [0.25, 0.3) is 0 Å². The monoisotopic (exact) mass is 254 g/mol. The van der Waals surface area contributed by atoms with E-state index >= 15 is 0 Å². The molecule has 0 spiro atoms. The van der Waals surface area contributed by atoms with Crippen molar-refractivity contribution in [2.75, 3.05) is 0 Å². The molecular formula is C11H11F5O. The molecule has 1 N–H and O–H groups in total. The summed E-state index contributed by atoms with van der Waals surface area (Å²) in [6.07, 6.45) is -8.66. The zero-order chi connectivity index (χ0) is 13.4. The minimum absolute atomic E-state index is 0.196. The lowest BCUT2D eigenvalue weighted by atomic mass is 9.97. The summed E-state index contributed by atoms with van der Waals surface area (Å²) in [5.74, 6) is -5.16. The number of alkyl halides is 5. The Hall–Kier alpha value is -1.17. The highest BCUT2D eigenvalue weighted by molar-refractivity contribution is 5.33. The van der Waals surface area contributed by atoms with E-state index in [0.29, 0.717) is 5.56 Å². The van der Waals surface area contributed by atoms with E-state index < -0.39 is 23.8 Å². The van der Waals surface area contributed by atoms with E-state index in [2.05, 4.69) is 0 Å². The number of aliphatic hydroxyl groups excluding tert-OH is 1. The highest BCUT2D eigenvalue weighted by Gasteiger charge is 2.62. The highest BCUT2D eigenvalue weighted by Crippen LogP contribution is 2.45. The Kier molecular flexibility index (Phi) is 3.47. The first-order valence-electron chi connectivity index (χ1n) is 4.77. The Morgan fingerprint density at radius 2 is 1.59 bits per heavy atom. The Morgan fingerprint density at radius 3 is 2.00 bits per heavy atom. The van der Waals surface area contributed by atoms with Gasteiger partial charge in [0, 0.05) is 0 Å². The molecule has 6 heteroatoms. The molecule has 1 aromatic rings. The smallest absolute Gasteiger partial charge is 0.382 e. The largest absolute Gasteiger partial charge is 0.456 e. The van der Waals surface area contributed by atoms with Crippen molar-refractivity contribution < 1.29 is 27.1 Å². The van der Waals surface area contributed by atoms with Crippen molar-refractivity contribution >= 4 is 0 Å². The molecule has 1 aromatic carbocycles. The van der Waals surface area contributed by atoms with Gasteiger partial charge in [-0.2, -0.15) is 22.0 Å². The highest BCUT2D eigenvalue weighted by atomic mass is 19.4. The van der Waals surface area contributed by atoms with Crippen LogP contribution in [-0.2, 0) is 0 Å². The minimum Gasteiger partial charge on any atom is -0.382 e. The zero-order valence-electron chi connectivity index (χ0n) is 9.15. The molecule has 0 aliphatic rings. The van der Waals surface area contributed by atoms with E-state index in [0.717, 1.165) is 6.07 Å². The number of rotatable bonds is 2. The second kappa shape index (κ2) is 4.25. The van der Waals surface area contributed by atoms with Crippen LogP contribution in [0.1, 0.15) is 22.8 Å². The van der Waals surface area contributed by atoms with Gasteiger partial charge < -0.3 is 5.11 Å². The van der Waals surface area contributed by atoms with Crippen molar-refractivity contribution in [2.45, 2.75) is 32.1 Å². The Morgan fingerprint density at radius 1 is 1.06 bits per heavy atom. The fraction of sp³-hybridized carbons (Fsp3) is 0.455. The molecule has 1 rings (SSSR count). The van der Waals surface area contributed by atoms with Crippen LogP contribution in [0.15, 0.2) is 18.2 Å². The first kappa shape index (κ1) is 13.9. The molecular weight excluding hydrogens is 243 g/mol. The first-order chi connectivity index (χ1) is 7.57. The van der Waals surface area contributed by atoms with Crippen molar-refractivity contribution in [1.29, 1.82) is 0 Å². The summed E-state index contributed by atoms with van der Waals surface area (Å²) < 4.78 is 62.0. The molecule has 0 amide bonds. The second-order valence-electron chi connectivity index (χ2n) is 3.88. The van der Waals surface area contributed by atoms with Crippen molar-refractivity contribution in [1.82, 2.24) is 0 Å². The van der Waals surface area contributed by atoms with E-state index in [1.807, 2.05) is 0 Å². The van der Waals surface area contributed by atoms with Gasteiger partial charge in [0.15, 0.2) is 6.10 Å².